The Morgan fingerprint density at radius 2 is 1.75 bits per heavy atom. The monoisotopic (exact) mass is 569 g/mol. The molecule has 2 aromatic rings. The highest BCUT2D eigenvalue weighted by atomic mass is 127. The molecule has 0 aromatic heterocycles. The lowest BCUT2D eigenvalue weighted by Gasteiger charge is -2.36. The van der Waals surface area contributed by atoms with Gasteiger partial charge in [0.1, 0.15) is 0 Å². The van der Waals surface area contributed by atoms with Crippen molar-refractivity contribution in [2.45, 2.75) is 13.0 Å². The highest BCUT2D eigenvalue weighted by Crippen LogP contribution is 2.14. The number of hydrogen-bond donors (Lipinski definition) is 1. The van der Waals surface area contributed by atoms with Crippen molar-refractivity contribution in [3.05, 3.63) is 70.2 Å². The summed E-state index contributed by atoms with van der Waals surface area (Å²) in [6.45, 7) is 5.54. The van der Waals surface area contributed by atoms with E-state index in [0.717, 1.165) is 67.8 Å². The van der Waals surface area contributed by atoms with Gasteiger partial charge in [0, 0.05) is 71.0 Å². The lowest BCUT2D eigenvalue weighted by atomic mass is 10.1. The fraction of sp³-hybridized carbons (Fsp3) is 0.417. The molecule has 0 spiro atoms. The van der Waals surface area contributed by atoms with Crippen LogP contribution in [-0.4, -0.2) is 80.4 Å². The summed E-state index contributed by atoms with van der Waals surface area (Å²) in [4.78, 5) is 23.0. The number of guanidine groups is 1. The molecule has 0 saturated carbocycles. The molecule has 2 aromatic carbocycles. The zero-order valence-corrected chi connectivity index (χ0v) is 22.1. The molecule has 1 saturated heterocycles. The first-order chi connectivity index (χ1) is 15.0. The van der Waals surface area contributed by atoms with Crippen molar-refractivity contribution in [1.29, 1.82) is 0 Å². The third-order valence-corrected chi connectivity index (χ3v) is 5.69. The maximum absolute atomic E-state index is 12.2. The molecule has 8 heteroatoms. The lowest BCUT2D eigenvalue weighted by Crippen LogP contribution is -2.52. The van der Waals surface area contributed by atoms with Crippen LogP contribution in [0.3, 0.4) is 0 Å². The van der Waals surface area contributed by atoms with E-state index in [4.69, 9.17) is 11.6 Å². The van der Waals surface area contributed by atoms with Crippen LogP contribution in [0.1, 0.15) is 21.5 Å². The Hall–Kier alpha value is -1.84. The van der Waals surface area contributed by atoms with E-state index in [9.17, 15) is 4.79 Å². The molecule has 0 unspecified atom stereocenters. The maximum Gasteiger partial charge on any atom is 0.253 e. The number of halogens is 2. The lowest BCUT2D eigenvalue weighted by molar-refractivity contribution is 0.0827. The SMILES string of the molecule is CN=C(NCCc1cccc(C(=O)N(C)C)c1)N1CCN(Cc2cccc(Cl)c2)CC1.I. The minimum Gasteiger partial charge on any atom is -0.356 e. The Morgan fingerprint density at radius 1 is 1.06 bits per heavy atom. The molecule has 1 N–H and O–H groups in total. The fourth-order valence-corrected chi connectivity index (χ4v) is 3.99. The second kappa shape index (κ2) is 13.0. The van der Waals surface area contributed by atoms with Crippen LogP contribution in [0, 0.1) is 0 Å². The quantitative estimate of drug-likeness (QED) is 0.328. The van der Waals surface area contributed by atoms with Crippen LogP contribution in [0.4, 0.5) is 0 Å². The molecule has 0 radical (unpaired) electrons. The van der Waals surface area contributed by atoms with Crippen molar-refractivity contribution in [2.24, 2.45) is 4.99 Å². The first-order valence-corrected chi connectivity index (χ1v) is 11.1. The van der Waals surface area contributed by atoms with Gasteiger partial charge in [0.25, 0.3) is 5.91 Å². The Labute approximate surface area is 213 Å². The van der Waals surface area contributed by atoms with E-state index in [1.165, 1.54) is 5.56 Å². The molecule has 1 aliphatic heterocycles. The molecular formula is C24H33ClIN5O. The van der Waals surface area contributed by atoms with Crippen molar-refractivity contribution in [2.75, 3.05) is 53.9 Å². The van der Waals surface area contributed by atoms with E-state index >= 15 is 0 Å². The molecule has 3 rings (SSSR count). The first kappa shape index (κ1) is 26.4. The number of piperazine rings is 1. The Kier molecular flexibility index (Phi) is 10.7. The number of amides is 1. The molecule has 32 heavy (non-hydrogen) atoms. The minimum atomic E-state index is 0. The number of hydrogen-bond acceptors (Lipinski definition) is 3. The Balaban J connectivity index is 0.00000363. The van der Waals surface area contributed by atoms with Gasteiger partial charge in [0.05, 0.1) is 0 Å². The summed E-state index contributed by atoms with van der Waals surface area (Å²) in [6, 6.07) is 15.9. The van der Waals surface area contributed by atoms with Crippen LogP contribution >= 0.6 is 35.6 Å². The predicted octanol–water partition coefficient (Wildman–Crippen LogP) is 3.60. The zero-order chi connectivity index (χ0) is 22.2. The molecular weight excluding hydrogens is 537 g/mol. The average molecular weight is 570 g/mol. The number of benzene rings is 2. The van der Waals surface area contributed by atoms with Gasteiger partial charge in [-0.25, -0.2) is 0 Å². The van der Waals surface area contributed by atoms with E-state index in [0.29, 0.717) is 0 Å². The van der Waals surface area contributed by atoms with Gasteiger partial charge in [-0.05, 0) is 41.8 Å². The van der Waals surface area contributed by atoms with Crippen molar-refractivity contribution >= 4 is 47.4 Å². The van der Waals surface area contributed by atoms with Crippen molar-refractivity contribution < 1.29 is 4.79 Å². The highest BCUT2D eigenvalue weighted by molar-refractivity contribution is 14.0. The molecule has 6 nitrogen and oxygen atoms in total. The molecule has 0 bridgehead atoms. The van der Waals surface area contributed by atoms with Crippen LogP contribution in [0.15, 0.2) is 53.5 Å². The van der Waals surface area contributed by atoms with Gasteiger partial charge >= 0.3 is 0 Å². The van der Waals surface area contributed by atoms with Crippen LogP contribution < -0.4 is 5.32 Å². The zero-order valence-electron chi connectivity index (χ0n) is 19.1. The summed E-state index contributed by atoms with van der Waals surface area (Å²) in [5, 5.41) is 4.26. The standard InChI is InChI=1S/C24H32ClN5O.HI/c1-26-24(27-11-10-19-6-4-8-21(16-19)23(31)28(2)3)30-14-12-29(13-15-30)18-20-7-5-9-22(25)17-20;/h4-9,16-17H,10-15,18H2,1-3H3,(H,26,27);1H. The molecule has 1 fully saturated rings. The van der Waals surface area contributed by atoms with E-state index < -0.39 is 0 Å². The number of aliphatic imine (C=N–C) groups is 1. The van der Waals surface area contributed by atoms with E-state index in [-0.39, 0.29) is 29.9 Å². The second-order valence-corrected chi connectivity index (χ2v) is 8.45. The summed E-state index contributed by atoms with van der Waals surface area (Å²) in [5.41, 5.74) is 3.11. The Morgan fingerprint density at radius 3 is 2.41 bits per heavy atom. The summed E-state index contributed by atoms with van der Waals surface area (Å²) >= 11 is 6.11. The number of carbonyl (C=O) groups excluding carboxylic acids is 1. The number of nitrogens with zero attached hydrogens (tertiary/aromatic N) is 4. The molecule has 1 aliphatic rings. The van der Waals surface area contributed by atoms with Crippen LogP contribution in [0.25, 0.3) is 0 Å². The average Bonchev–Trinajstić information content (AvgIpc) is 2.77. The third-order valence-electron chi connectivity index (χ3n) is 5.46. The number of nitrogens with one attached hydrogen (secondary N) is 1. The number of carbonyl (C=O) groups is 1. The van der Waals surface area contributed by atoms with Gasteiger partial charge < -0.3 is 15.1 Å². The second-order valence-electron chi connectivity index (χ2n) is 8.02. The third kappa shape index (κ3) is 7.64. The fourth-order valence-electron chi connectivity index (χ4n) is 3.78. The van der Waals surface area contributed by atoms with Gasteiger partial charge in [0.2, 0.25) is 0 Å². The van der Waals surface area contributed by atoms with Crippen LogP contribution in [0.2, 0.25) is 5.02 Å². The normalized spacial score (nSPS) is 14.6. The largest absolute Gasteiger partial charge is 0.356 e. The molecule has 1 amide bonds. The summed E-state index contributed by atoms with van der Waals surface area (Å²) < 4.78 is 0. The minimum absolute atomic E-state index is 0. The van der Waals surface area contributed by atoms with Crippen LogP contribution in [0.5, 0.6) is 0 Å². The number of rotatable bonds is 6. The van der Waals surface area contributed by atoms with Crippen molar-refractivity contribution in [3.63, 3.8) is 0 Å². The van der Waals surface area contributed by atoms with E-state index in [1.54, 1.807) is 19.0 Å². The smallest absolute Gasteiger partial charge is 0.253 e. The van der Waals surface area contributed by atoms with Crippen molar-refractivity contribution in [1.82, 2.24) is 20.0 Å². The summed E-state index contributed by atoms with van der Waals surface area (Å²) in [6.07, 6.45) is 0.836. The molecule has 174 valence electrons. The van der Waals surface area contributed by atoms with E-state index in [2.05, 4.69) is 32.2 Å². The van der Waals surface area contributed by atoms with Gasteiger partial charge in [-0.15, -0.1) is 24.0 Å². The molecule has 0 aliphatic carbocycles. The summed E-state index contributed by atoms with van der Waals surface area (Å²) in [5.74, 6) is 0.962. The van der Waals surface area contributed by atoms with Crippen LogP contribution in [-0.2, 0) is 13.0 Å². The maximum atomic E-state index is 12.2. The van der Waals surface area contributed by atoms with Gasteiger partial charge in [-0.1, -0.05) is 35.9 Å². The Bertz CT molecular complexity index is 913. The molecule has 0 atom stereocenters. The topological polar surface area (TPSA) is 51.2 Å². The van der Waals surface area contributed by atoms with E-state index in [1.807, 2.05) is 43.4 Å². The van der Waals surface area contributed by atoms with Gasteiger partial charge in [0.15, 0.2) is 5.96 Å². The van der Waals surface area contributed by atoms with Gasteiger partial charge in [-0.2, -0.15) is 0 Å². The predicted molar refractivity (Wildman–Crippen MR) is 143 cm³/mol. The van der Waals surface area contributed by atoms with Gasteiger partial charge in [-0.3, -0.25) is 14.7 Å². The first-order valence-electron chi connectivity index (χ1n) is 10.7. The molecule has 1 heterocycles. The van der Waals surface area contributed by atoms with Crippen molar-refractivity contribution in [3.8, 4) is 0 Å². The summed E-state index contributed by atoms with van der Waals surface area (Å²) in [7, 11) is 5.38. The highest BCUT2D eigenvalue weighted by Gasteiger charge is 2.19.